The van der Waals surface area contributed by atoms with E-state index in [0.29, 0.717) is 109 Å². The molecule has 30 heteroatoms. The predicted octanol–water partition coefficient (Wildman–Crippen LogP) is 10.5. The number of methoxy groups -OCH3 is 4. The number of ether oxygens (including phenoxy) is 8. The Balaban J connectivity index is 0.000000225. The number of amides is 4. The summed E-state index contributed by atoms with van der Waals surface area (Å²) in [5.74, 6) is -5.36. The average molecular weight is 1620 g/mol. The van der Waals surface area contributed by atoms with Crippen LogP contribution in [0.15, 0.2) is 60.7 Å². The average Bonchev–Trinajstić information content (AvgIpc) is 1.57. The van der Waals surface area contributed by atoms with Crippen molar-refractivity contribution < 1.29 is 93.1 Å². The first-order valence-electron chi connectivity index (χ1n) is 40.1. The summed E-state index contributed by atoms with van der Waals surface area (Å²) in [6.45, 7) is 22.0. The second-order valence-corrected chi connectivity index (χ2v) is 40.2. The van der Waals surface area contributed by atoms with Crippen molar-refractivity contribution in [2.75, 3.05) is 54.7 Å². The highest BCUT2D eigenvalue weighted by Crippen LogP contribution is 2.59. The Morgan fingerprint density at radius 1 is 0.535 bits per heavy atom. The third-order valence-corrected chi connectivity index (χ3v) is 28.5. The van der Waals surface area contributed by atoms with E-state index in [1.165, 1.54) is 9.80 Å². The first-order chi connectivity index (χ1) is 53.5. The van der Waals surface area contributed by atoms with Crippen LogP contribution < -0.4 is 28.4 Å². The molecule has 12 rings (SSSR count). The van der Waals surface area contributed by atoms with Gasteiger partial charge in [-0.15, -0.1) is 0 Å². The molecular weight excluding hydrogens is 1510 g/mol. The second-order valence-electron chi connectivity index (χ2n) is 35.8. The number of sulfonamides is 2. The van der Waals surface area contributed by atoms with E-state index >= 15 is 9.59 Å². The summed E-state index contributed by atoms with van der Waals surface area (Å²) in [5, 5.41) is 0. The number of Topliss-reactive ketones (excluding diaryl/α,β-unsaturated/α-hetero) is 2. The summed E-state index contributed by atoms with van der Waals surface area (Å²) in [4.78, 5) is 136. The van der Waals surface area contributed by atoms with Crippen LogP contribution in [0.1, 0.15) is 196 Å². The summed E-state index contributed by atoms with van der Waals surface area (Å²) in [5.41, 5.74) is -0.765. The van der Waals surface area contributed by atoms with E-state index in [2.05, 4.69) is 33.3 Å². The molecule has 4 amide bonds. The highest BCUT2D eigenvalue weighted by atomic mass is 32.2. The van der Waals surface area contributed by atoms with Crippen LogP contribution in [0.2, 0.25) is 0 Å². The highest BCUT2D eigenvalue weighted by Gasteiger charge is 2.65. The quantitative estimate of drug-likeness (QED) is 0.0613. The molecule has 2 saturated heterocycles. The minimum Gasteiger partial charge on any atom is -0.497 e. The molecule has 2 N–H and O–H groups in total. The van der Waals surface area contributed by atoms with Gasteiger partial charge in [0.15, 0.2) is 11.6 Å². The van der Waals surface area contributed by atoms with Crippen molar-refractivity contribution in [3.63, 3.8) is 0 Å². The molecule has 14 atom stereocenters. The Kier molecular flexibility index (Phi) is 26.0. The first-order valence-corrected chi connectivity index (χ1v) is 43.1. The number of carbonyl (C=O) groups is 8. The minimum absolute atomic E-state index is 0.00183. The number of aryl methyl sites for hydroxylation is 2. The minimum atomic E-state index is -3.97. The predicted molar refractivity (Wildman–Crippen MR) is 423 cm³/mol. The van der Waals surface area contributed by atoms with Crippen LogP contribution in [0.5, 0.6) is 23.3 Å². The van der Waals surface area contributed by atoms with E-state index < -0.39 is 123 Å². The topological polar surface area (TPSA) is 361 Å². The van der Waals surface area contributed by atoms with E-state index in [9.17, 15) is 45.6 Å². The van der Waals surface area contributed by atoms with Crippen molar-refractivity contribution in [3.8, 4) is 23.3 Å². The van der Waals surface area contributed by atoms with E-state index in [1.807, 2.05) is 24.3 Å². The molecule has 4 aromatic rings. The van der Waals surface area contributed by atoms with E-state index in [-0.39, 0.29) is 124 Å². The highest BCUT2D eigenvalue weighted by molar-refractivity contribution is 7.92. The number of esters is 2. The fourth-order valence-electron chi connectivity index (χ4n) is 16.7. The zero-order chi connectivity index (χ0) is 83.0. The maximum absolute atomic E-state index is 15.1. The van der Waals surface area contributed by atoms with Crippen LogP contribution in [0.25, 0.3) is 22.1 Å². The summed E-state index contributed by atoms with van der Waals surface area (Å²) in [6, 6.07) is 8.60. The number of nitrogens with one attached hydrogen (secondary N) is 2. The maximum Gasteiger partial charge on any atom is 0.307 e. The molecule has 0 spiro atoms. The maximum atomic E-state index is 15.1. The van der Waals surface area contributed by atoms with Crippen molar-refractivity contribution in [3.05, 3.63) is 72.1 Å². The summed E-state index contributed by atoms with van der Waals surface area (Å²) in [6.07, 6.45) is 12.1. The lowest BCUT2D eigenvalue weighted by molar-refractivity contribution is -0.161. The number of ketones is 2. The molecule has 2 aromatic heterocycles. The molecule has 0 unspecified atom stereocenters. The van der Waals surface area contributed by atoms with Gasteiger partial charge in [-0.25, -0.2) is 36.8 Å². The Hall–Kier alpha value is -8.22. The van der Waals surface area contributed by atoms with Gasteiger partial charge in [-0.1, -0.05) is 38.2 Å². The standard InChI is InChI=1S/2C42H58N4O10S/c2*1-25-11-9-10-12-28-21-42(28,39(50)45-57(51,52)41(6)15-16-41)22-35(47)34-19-30(55-37-26(2)43-32-14-13-29(54-8)18-33(32)44-37)23-46(34)38(49)31(27(17-25)24-53-7)20-36(48)56-40(3,4)5/h2*10,12-14,18,25,27-28,30-31,34H,9,11,15-17,19-24H2,1-8H3,(H,45,50)/b2*12-10-/t25-,27+,28-,30-,31+,34+,42-;25-,27-,28+,30+,31-,34-,42+/m10/s1. The van der Waals surface area contributed by atoms with E-state index in [0.717, 1.165) is 12.8 Å². The van der Waals surface area contributed by atoms with Crippen molar-refractivity contribution in [1.82, 2.24) is 39.2 Å². The van der Waals surface area contributed by atoms with Crippen molar-refractivity contribution in [2.45, 2.75) is 244 Å². The molecule has 0 bridgehead atoms. The van der Waals surface area contributed by atoms with E-state index in [4.69, 9.17) is 47.9 Å². The molecule has 4 saturated carbocycles. The van der Waals surface area contributed by atoms with Crippen LogP contribution in [0, 0.1) is 72.0 Å². The van der Waals surface area contributed by atoms with Gasteiger partial charge in [0, 0.05) is 65.2 Å². The largest absolute Gasteiger partial charge is 0.497 e. The molecule has 28 nitrogen and oxygen atoms in total. The molecule has 0 radical (unpaired) electrons. The van der Waals surface area contributed by atoms with Crippen molar-refractivity contribution in [2.24, 2.45) is 58.2 Å². The van der Waals surface area contributed by atoms with Crippen molar-refractivity contribution in [1.29, 1.82) is 0 Å². The monoisotopic (exact) mass is 1620 g/mol. The molecule has 4 aliphatic carbocycles. The van der Waals surface area contributed by atoms with Gasteiger partial charge in [-0.2, -0.15) is 0 Å². The van der Waals surface area contributed by atoms with Gasteiger partial charge < -0.3 is 47.7 Å². The second kappa shape index (κ2) is 34.2. The number of benzene rings is 2. The Morgan fingerprint density at radius 3 is 1.24 bits per heavy atom. The lowest BCUT2D eigenvalue weighted by Gasteiger charge is -2.33. The number of rotatable bonds is 20. The van der Waals surface area contributed by atoms with Crippen LogP contribution in [0.4, 0.5) is 0 Å². The van der Waals surface area contributed by atoms with Crippen molar-refractivity contribution >= 4 is 89.2 Å². The fraction of sp³-hybridized carbons (Fsp3) is 0.667. The van der Waals surface area contributed by atoms with Crippen LogP contribution >= 0.6 is 0 Å². The third-order valence-electron chi connectivity index (χ3n) is 24.2. The zero-order valence-corrected chi connectivity index (χ0v) is 70.6. The Morgan fingerprint density at radius 2 is 0.904 bits per heavy atom. The normalized spacial score (nSPS) is 29.6. The van der Waals surface area contributed by atoms with Gasteiger partial charge >= 0.3 is 11.9 Å². The molecule has 6 fully saturated rings. The zero-order valence-electron chi connectivity index (χ0n) is 68.9. The number of nitrogens with zero attached hydrogens (tertiary/aromatic N) is 6. The summed E-state index contributed by atoms with van der Waals surface area (Å²) < 4.78 is 102. The molecular formula is C84H116N8O20S2. The molecule has 2 aromatic carbocycles. The number of hydrogen-bond donors (Lipinski definition) is 2. The number of hydrogen-bond acceptors (Lipinski definition) is 24. The number of allylic oxidation sites excluding steroid dienone is 4. The molecule has 114 heavy (non-hydrogen) atoms. The van der Waals surface area contributed by atoms with E-state index in [1.54, 1.807) is 134 Å². The van der Waals surface area contributed by atoms with Gasteiger partial charge in [0.05, 0.1) is 106 Å². The Labute approximate surface area is 669 Å². The fourth-order valence-corrected chi connectivity index (χ4v) is 19.4. The number of carbonyl (C=O) groups excluding carboxylic acids is 8. The van der Waals surface area contributed by atoms with Gasteiger partial charge in [-0.05, 0) is 206 Å². The molecule has 4 aliphatic heterocycles. The van der Waals surface area contributed by atoms with Gasteiger partial charge in [0.25, 0.3) is 0 Å². The molecule has 8 aliphatic rings. The smallest absolute Gasteiger partial charge is 0.307 e. The number of fused-ring (bicyclic) bond motifs is 6. The summed E-state index contributed by atoms with van der Waals surface area (Å²) >= 11 is 0. The Bertz CT molecular complexity index is 4340. The van der Waals surface area contributed by atoms with Crippen LogP contribution in [-0.4, -0.2) is 193 Å². The van der Waals surface area contributed by atoms with Crippen LogP contribution in [0.3, 0.4) is 0 Å². The van der Waals surface area contributed by atoms with Gasteiger partial charge in [0.1, 0.15) is 46.3 Å². The molecule has 6 heterocycles. The van der Waals surface area contributed by atoms with Gasteiger partial charge in [-0.3, -0.25) is 47.8 Å². The number of aromatic nitrogens is 4. The van der Waals surface area contributed by atoms with Gasteiger partial charge in [0.2, 0.25) is 55.4 Å². The third kappa shape index (κ3) is 20.1. The lowest BCUT2D eigenvalue weighted by Crippen LogP contribution is -2.48. The SMILES string of the molecule is COC[C@@H]1C[C@@H](C)CC/C=C\[C@@H]2C[C@@]2(C(=O)NS(=O)(=O)C2(C)CC2)CC(=O)[C@@H]2C[C@@H](Oc3nc4cc(OC)ccc4nc3C)CN2C(=O)[C@H]1CC(=O)OC(C)(C)C.COC[C@@H]1C[C@H](C)CC/C=C\[C@@H]2C[C@@]2(C(=O)NS(=O)(=O)C2(C)CC2)CC(=O)[C@@H]2C[C@@H](Oc3nc4cc(OC)ccc4nc3C)CN2C(=O)[C@H]1CC(=O)OC(C)(C)C. The summed E-state index contributed by atoms with van der Waals surface area (Å²) in [7, 11) is -1.70. The van der Waals surface area contributed by atoms with Crippen LogP contribution in [-0.2, 0) is 77.4 Å². The first kappa shape index (κ1) is 86.6. The molecule has 624 valence electrons. The lowest BCUT2D eigenvalue weighted by atomic mass is 9.81.